The zero-order valence-electron chi connectivity index (χ0n) is 10.2. The van der Waals surface area contributed by atoms with Crippen molar-refractivity contribution >= 4 is 28.6 Å². The number of carbonyl (C=O) groups excluding carboxylic acids is 1. The first-order valence-corrected chi connectivity index (χ1v) is 7.08. The summed E-state index contributed by atoms with van der Waals surface area (Å²) in [6.45, 7) is 0. The van der Waals surface area contributed by atoms with Crippen LogP contribution in [0.15, 0.2) is 34.2 Å². The number of benzene rings is 1. The standard InChI is InChI=1S/C13H13N3O2S/c14-11(17)7-19-13-15-10-4-2-1-3-9(10)12(18)16(13)8-5-6-8/h1-4,8H,5-7H2,(H2,14,17). The van der Waals surface area contributed by atoms with Gasteiger partial charge in [0.25, 0.3) is 5.56 Å². The van der Waals surface area contributed by atoms with Crippen molar-refractivity contribution in [2.75, 3.05) is 5.75 Å². The van der Waals surface area contributed by atoms with E-state index in [-0.39, 0.29) is 17.4 Å². The van der Waals surface area contributed by atoms with E-state index in [1.807, 2.05) is 18.2 Å². The molecule has 1 aliphatic carbocycles. The van der Waals surface area contributed by atoms with Gasteiger partial charge in [-0.25, -0.2) is 4.98 Å². The van der Waals surface area contributed by atoms with Crippen molar-refractivity contribution < 1.29 is 4.79 Å². The summed E-state index contributed by atoms with van der Waals surface area (Å²) < 4.78 is 1.70. The van der Waals surface area contributed by atoms with Crippen LogP contribution in [0.2, 0.25) is 0 Å². The lowest BCUT2D eigenvalue weighted by Crippen LogP contribution is -2.23. The van der Waals surface area contributed by atoms with E-state index in [2.05, 4.69) is 4.98 Å². The molecular formula is C13H13N3O2S. The van der Waals surface area contributed by atoms with E-state index in [0.717, 1.165) is 12.8 Å². The zero-order chi connectivity index (χ0) is 13.4. The van der Waals surface area contributed by atoms with Crippen LogP contribution in [0, 0.1) is 0 Å². The van der Waals surface area contributed by atoms with E-state index >= 15 is 0 Å². The molecule has 0 atom stereocenters. The first-order valence-electron chi connectivity index (χ1n) is 6.09. The molecule has 1 aliphatic rings. The topological polar surface area (TPSA) is 78.0 Å². The second kappa shape index (κ2) is 4.70. The van der Waals surface area contributed by atoms with Gasteiger partial charge in [-0.05, 0) is 25.0 Å². The number of hydrogen-bond acceptors (Lipinski definition) is 4. The first kappa shape index (κ1) is 12.2. The highest BCUT2D eigenvalue weighted by atomic mass is 32.2. The molecule has 1 heterocycles. The highest BCUT2D eigenvalue weighted by molar-refractivity contribution is 7.99. The summed E-state index contributed by atoms with van der Waals surface area (Å²) in [5.41, 5.74) is 5.79. The highest BCUT2D eigenvalue weighted by Gasteiger charge is 2.28. The second-order valence-electron chi connectivity index (χ2n) is 4.57. The number of carbonyl (C=O) groups is 1. The summed E-state index contributed by atoms with van der Waals surface area (Å²) in [5.74, 6) is -0.271. The van der Waals surface area contributed by atoms with Crippen molar-refractivity contribution in [1.29, 1.82) is 0 Å². The van der Waals surface area contributed by atoms with Crippen molar-refractivity contribution in [2.45, 2.75) is 24.0 Å². The fourth-order valence-electron chi connectivity index (χ4n) is 2.02. The SMILES string of the molecule is NC(=O)CSc1nc2ccccc2c(=O)n1C1CC1. The van der Waals surface area contributed by atoms with Crippen LogP contribution in [0.25, 0.3) is 10.9 Å². The van der Waals surface area contributed by atoms with Crippen LogP contribution >= 0.6 is 11.8 Å². The fraction of sp³-hybridized carbons (Fsp3) is 0.308. The van der Waals surface area contributed by atoms with Crippen molar-refractivity contribution in [2.24, 2.45) is 5.73 Å². The Labute approximate surface area is 113 Å². The molecule has 1 amide bonds. The molecule has 0 spiro atoms. The molecule has 2 N–H and O–H groups in total. The predicted octanol–water partition coefficient (Wildman–Crippen LogP) is 1.31. The number of hydrogen-bond donors (Lipinski definition) is 1. The van der Waals surface area contributed by atoms with Crippen LogP contribution in [0.4, 0.5) is 0 Å². The van der Waals surface area contributed by atoms with Gasteiger partial charge in [0.05, 0.1) is 16.7 Å². The summed E-state index contributed by atoms with van der Waals surface area (Å²) in [6.07, 6.45) is 1.98. The van der Waals surface area contributed by atoms with Gasteiger partial charge in [0.2, 0.25) is 5.91 Å². The Hall–Kier alpha value is -1.82. The molecule has 6 heteroatoms. The quantitative estimate of drug-likeness (QED) is 0.674. The Kier molecular flexibility index (Phi) is 3.02. The molecule has 1 saturated carbocycles. The summed E-state index contributed by atoms with van der Waals surface area (Å²) in [5, 5.41) is 1.21. The number of amides is 1. The van der Waals surface area contributed by atoms with E-state index in [0.29, 0.717) is 16.1 Å². The van der Waals surface area contributed by atoms with Crippen LogP contribution < -0.4 is 11.3 Å². The fourth-order valence-corrected chi connectivity index (χ4v) is 2.82. The molecule has 98 valence electrons. The number of aromatic nitrogens is 2. The van der Waals surface area contributed by atoms with Gasteiger partial charge in [-0.3, -0.25) is 14.2 Å². The Balaban J connectivity index is 2.15. The van der Waals surface area contributed by atoms with Gasteiger partial charge in [0.15, 0.2) is 5.16 Å². The summed E-state index contributed by atoms with van der Waals surface area (Å²) in [6, 6.07) is 7.49. The first-order chi connectivity index (χ1) is 9.16. The summed E-state index contributed by atoms with van der Waals surface area (Å²) >= 11 is 1.23. The third-order valence-corrected chi connectivity index (χ3v) is 4.01. The second-order valence-corrected chi connectivity index (χ2v) is 5.52. The Bertz CT molecular complexity index is 707. The van der Waals surface area contributed by atoms with Crippen LogP contribution in [0.5, 0.6) is 0 Å². The van der Waals surface area contributed by atoms with Crippen molar-refractivity contribution in [3.8, 4) is 0 Å². The molecule has 0 radical (unpaired) electrons. The molecule has 0 bridgehead atoms. The molecule has 3 rings (SSSR count). The molecule has 0 aliphatic heterocycles. The maximum Gasteiger partial charge on any atom is 0.262 e. The number of primary amides is 1. The van der Waals surface area contributed by atoms with Gasteiger partial charge in [0.1, 0.15) is 0 Å². The molecular weight excluding hydrogens is 262 g/mol. The molecule has 0 unspecified atom stereocenters. The van der Waals surface area contributed by atoms with E-state index in [1.54, 1.807) is 10.6 Å². The van der Waals surface area contributed by atoms with Crippen molar-refractivity contribution in [3.05, 3.63) is 34.6 Å². The molecule has 2 aromatic rings. The van der Waals surface area contributed by atoms with Gasteiger partial charge < -0.3 is 5.73 Å². The molecule has 1 aromatic carbocycles. The van der Waals surface area contributed by atoms with Crippen LogP contribution in [0.3, 0.4) is 0 Å². The summed E-state index contributed by atoms with van der Waals surface area (Å²) in [4.78, 5) is 27.9. The van der Waals surface area contributed by atoms with Gasteiger partial charge in [-0.2, -0.15) is 0 Å². The predicted molar refractivity (Wildman–Crippen MR) is 74.2 cm³/mol. The number of rotatable bonds is 4. The Morgan fingerprint density at radius 1 is 1.42 bits per heavy atom. The minimum Gasteiger partial charge on any atom is -0.369 e. The van der Waals surface area contributed by atoms with Crippen LogP contribution in [0.1, 0.15) is 18.9 Å². The average Bonchev–Trinajstić information content (AvgIpc) is 3.21. The van der Waals surface area contributed by atoms with Crippen LogP contribution in [-0.2, 0) is 4.79 Å². The molecule has 19 heavy (non-hydrogen) atoms. The van der Waals surface area contributed by atoms with E-state index in [1.165, 1.54) is 11.8 Å². The number of nitrogens with zero attached hydrogens (tertiary/aromatic N) is 2. The van der Waals surface area contributed by atoms with Gasteiger partial charge in [-0.1, -0.05) is 23.9 Å². The summed E-state index contributed by atoms with van der Waals surface area (Å²) in [7, 11) is 0. The van der Waals surface area contributed by atoms with Gasteiger partial charge in [0, 0.05) is 6.04 Å². The largest absolute Gasteiger partial charge is 0.369 e. The monoisotopic (exact) mass is 275 g/mol. The van der Waals surface area contributed by atoms with E-state index in [9.17, 15) is 9.59 Å². The number of nitrogens with two attached hydrogens (primary N) is 1. The minimum atomic E-state index is -0.408. The lowest BCUT2D eigenvalue weighted by Gasteiger charge is -2.11. The minimum absolute atomic E-state index is 0.0277. The third kappa shape index (κ3) is 2.35. The van der Waals surface area contributed by atoms with Gasteiger partial charge in [-0.15, -0.1) is 0 Å². The average molecular weight is 275 g/mol. The van der Waals surface area contributed by atoms with Crippen molar-refractivity contribution in [1.82, 2.24) is 9.55 Å². The normalized spacial score (nSPS) is 14.7. The number of fused-ring (bicyclic) bond motifs is 1. The molecule has 0 saturated heterocycles. The maximum atomic E-state index is 12.5. The lowest BCUT2D eigenvalue weighted by atomic mass is 10.2. The van der Waals surface area contributed by atoms with Gasteiger partial charge >= 0.3 is 0 Å². The molecule has 1 fully saturated rings. The zero-order valence-corrected chi connectivity index (χ0v) is 11.0. The van der Waals surface area contributed by atoms with E-state index in [4.69, 9.17) is 5.73 Å². The number of thioether (sulfide) groups is 1. The molecule has 5 nitrogen and oxygen atoms in total. The Morgan fingerprint density at radius 3 is 2.84 bits per heavy atom. The Morgan fingerprint density at radius 2 is 2.16 bits per heavy atom. The molecule has 1 aromatic heterocycles. The maximum absolute atomic E-state index is 12.5. The number of para-hydroxylation sites is 1. The van der Waals surface area contributed by atoms with Crippen molar-refractivity contribution in [3.63, 3.8) is 0 Å². The third-order valence-electron chi connectivity index (χ3n) is 3.03. The van der Waals surface area contributed by atoms with E-state index < -0.39 is 5.91 Å². The smallest absolute Gasteiger partial charge is 0.262 e. The van der Waals surface area contributed by atoms with Crippen LogP contribution in [-0.4, -0.2) is 21.2 Å². The lowest BCUT2D eigenvalue weighted by molar-refractivity contribution is -0.115. The highest BCUT2D eigenvalue weighted by Crippen LogP contribution is 2.36.